The molecule has 0 saturated carbocycles. The summed E-state index contributed by atoms with van der Waals surface area (Å²) in [4.78, 5) is 30.6. The van der Waals surface area contributed by atoms with Gasteiger partial charge in [0.25, 0.3) is 5.91 Å². The number of carbonyl (C=O) groups excluding carboxylic acids is 2. The molecule has 3 heterocycles. The molecule has 7 heteroatoms. The lowest BCUT2D eigenvalue weighted by atomic mass is 9.92. The maximum absolute atomic E-state index is 12.5. The van der Waals surface area contributed by atoms with Crippen LogP contribution >= 0.6 is 11.3 Å². The van der Waals surface area contributed by atoms with Crippen molar-refractivity contribution in [2.75, 3.05) is 18.4 Å². The molecule has 1 aliphatic heterocycles. The number of nitrogens with one attached hydrogen (secondary N) is 1. The molecule has 1 aliphatic rings. The van der Waals surface area contributed by atoms with Crippen molar-refractivity contribution < 1.29 is 14.0 Å². The molecule has 2 unspecified atom stereocenters. The van der Waals surface area contributed by atoms with Crippen molar-refractivity contribution in [3.8, 4) is 0 Å². The highest BCUT2D eigenvalue weighted by Gasteiger charge is 2.25. The van der Waals surface area contributed by atoms with Gasteiger partial charge in [0.05, 0.1) is 18.4 Å². The third kappa shape index (κ3) is 4.03. The maximum atomic E-state index is 12.5. The summed E-state index contributed by atoms with van der Waals surface area (Å²) in [5.74, 6) is 1.07. The van der Waals surface area contributed by atoms with Gasteiger partial charge < -0.3 is 9.32 Å². The predicted octanol–water partition coefficient (Wildman–Crippen LogP) is 3.04. The second-order valence-electron chi connectivity index (χ2n) is 6.50. The molecule has 2 amide bonds. The lowest BCUT2D eigenvalue weighted by molar-refractivity contribution is -0.133. The van der Waals surface area contributed by atoms with E-state index in [0.717, 1.165) is 13.1 Å². The number of hydrogen-bond acceptors (Lipinski definition) is 5. The van der Waals surface area contributed by atoms with Gasteiger partial charge in [0, 0.05) is 18.5 Å². The van der Waals surface area contributed by atoms with Crippen molar-refractivity contribution in [3.63, 3.8) is 0 Å². The van der Waals surface area contributed by atoms with Gasteiger partial charge in [0.1, 0.15) is 0 Å². The van der Waals surface area contributed by atoms with Gasteiger partial charge in [-0.25, -0.2) is 4.98 Å². The number of carbonyl (C=O) groups is 2. The lowest BCUT2D eigenvalue weighted by Gasteiger charge is -2.35. The summed E-state index contributed by atoms with van der Waals surface area (Å²) in [6.45, 7) is 5.99. The molecule has 1 N–H and O–H groups in total. The SMILES string of the molecule is CC1CC(C)CN(C(=O)Cc2csc(NC(=O)c3ccco3)n2)C1. The van der Waals surface area contributed by atoms with Gasteiger partial charge >= 0.3 is 0 Å². The molecule has 0 aromatic carbocycles. The molecule has 0 aliphatic carbocycles. The Labute approximate surface area is 144 Å². The average Bonchev–Trinajstić information content (AvgIpc) is 3.18. The molecular formula is C17H21N3O3S. The average molecular weight is 347 g/mol. The van der Waals surface area contributed by atoms with Crippen LogP contribution in [0.5, 0.6) is 0 Å². The predicted molar refractivity (Wildman–Crippen MR) is 92.0 cm³/mol. The highest BCUT2D eigenvalue weighted by Crippen LogP contribution is 2.22. The van der Waals surface area contributed by atoms with E-state index < -0.39 is 0 Å². The Kier molecular flexibility index (Phi) is 4.99. The number of thiazole rings is 1. The summed E-state index contributed by atoms with van der Waals surface area (Å²) in [7, 11) is 0. The van der Waals surface area contributed by atoms with Crippen molar-refractivity contribution in [2.24, 2.45) is 11.8 Å². The first-order valence-electron chi connectivity index (χ1n) is 8.08. The summed E-state index contributed by atoms with van der Waals surface area (Å²) in [5, 5.41) is 4.97. The molecule has 3 rings (SSSR count). The lowest BCUT2D eigenvalue weighted by Crippen LogP contribution is -2.43. The third-order valence-corrected chi connectivity index (χ3v) is 4.88. The summed E-state index contributed by atoms with van der Waals surface area (Å²) >= 11 is 1.31. The molecule has 0 radical (unpaired) electrons. The highest BCUT2D eigenvalue weighted by molar-refractivity contribution is 7.14. The van der Waals surface area contributed by atoms with Gasteiger partial charge in [0.2, 0.25) is 5.91 Å². The van der Waals surface area contributed by atoms with Crippen molar-refractivity contribution in [1.82, 2.24) is 9.88 Å². The Morgan fingerprint density at radius 3 is 2.79 bits per heavy atom. The summed E-state index contributed by atoms with van der Waals surface area (Å²) in [6.07, 6.45) is 2.89. The fourth-order valence-corrected chi connectivity index (χ4v) is 3.85. The van der Waals surface area contributed by atoms with Crippen LogP contribution in [0.3, 0.4) is 0 Å². The molecule has 1 saturated heterocycles. The molecule has 24 heavy (non-hydrogen) atoms. The van der Waals surface area contributed by atoms with Gasteiger partial charge in [-0.3, -0.25) is 14.9 Å². The van der Waals surface area contributed by atoms with Crippen LogP contribution in [0, 0.1) is 11.8 Å². The van der Waals surface area contributed by atoms with Crippen LogP contribution in [0.1, 0.15) is 36.5 Å². The molecule has 2 atom stereocenters. The molecule has 128 valence electrons. The van der Waals surface area contributed by atoms with Crippen LogP contribution < -0.4 is 5.32 Å². The zero-order valence-electron chi connectivity index (χ0n) is 13.8. The van der Waals surface area contributed by atoms with E-state index in [1.807, 2.05) is 10.3 Å². The Hall–Kier alpha value is -2.15. The Bertz CT molecular complexity index is 700. The van der Waals surface area contributed by atoms with E-state index in [0.29, 0.717) is 22.7 Å². The van der Waals surface area contributed by atoms with Crippen molar-refractivity contribution >= 4 is 28.3 Å². The number of piperidine rings is 1. The van der Waals surface area contributed by atoms with E-state index in [1.54, 1.807) is 12.1 Å². The van der Waals surface area contributed by atoms with Crippen LogP contribution in [0.2, 0.25) is 0 Å². The quantitative estimate of drug-likeness (QED) is 0.922. The van der Waals surface area contributed by atoms with Gasteiger partial charge in [-0.15, -0.1) is 11.3 Å². The molecule has 0 spiro atoms. The minimum Gasteiger partial charge on any atom is -0.459 e. The number of hydrogen-bond donors (Lipinski definition) is 1. The van der Waals surface area contributed by atoms with Gasteiger partial charge in [-0.05, 0) is 30.4 Å². The Balaban J connectivity index is 1.57. The number of nitrogens with zero attached hydrogens (tertiary/aromatic N) is 2. The fraction of sp³-hybridized carbons (Fsp3) is 0.471. The summed E-state index contributed by atoms with van der Waals surface area (Å²) < 4.78 is 5.04. The van der Waals surface area contributed by atoms with Crippen LogP contribution in [0.15, 0.2) is 28.2 Å². The number of amides is 2. The second kappa shape index (κ2) is 7.17. The normalized spacial score (nSPS) is 20.8. The Morgan fingerprint density at radius 1 is 1.38 bits per heavy atom. The molecular weight excluding hydrogens is 326 g/mol. The smallest absolute Gasteiger partial charge is 0.293 e. The molecule has 1 fully saturated rings. The van der Waals surface area contributed by atoms with E-state index in [2.05, 4.69) is 24.1 Å². The van der Waals surface area contributed by atoms with Crippen LogP contribution in [-0.4, -0.2) is 34.8 Å². The topological polar surface area (TPSA) is 75.4 Å². The minimum atomic E-state index is -0.342. The molecule has 2 aromatic rings. The minimum absolute atomic E-state index is 0.0996. The summed E-state index contributed by atoms with van der Waals surface area (Å²) in [5.41, 5.74) is 0.686. The monoisotopic (exact) mass is 347 g/mol. The third-order valence-electron chi connectivity index (χ3n) is 4.07. The van der Waals surface area contributed by atoms with Crippen LogP contribution in [0.25, 0.3) is 0 Å². The van der Waals surface area contributed by atoms with Crippen molar-refractivity contribution in [2.45, 2.75) is 26.7 Å². The number of anilines is 1. The first-order chi connectivity index (χ1) is 11.5. The van der Waals surface area contributed by atoms with Crippen molar-refractivity contribution in [1.29, 1.82) is 0 Å². The zero-order chi connectivity index (χ0) is 17.1. The zero-order valence-corrected chi connectivity index (χ0v) is 14.6. The number of likely N-dealkylation sites (tertiary alicyclic amines) is 1. The summed E-state index contributed by atoms with van der Waals surface area (Å²) in [6, 6.07) is 3.24. The molecule has 6 nitrogen and oxygen atoms in total. The first kappa shape index (κ1) is 16.7. The van der Waals surface area contributed by atoms with Crippen LogP contribution in [0.4, 0.5) is 5.13 Å². The highest BCUT2D eigenvalue weighted by atomic mass is 32.1. The van der Waals surface area contributed by atoms with Crippen LogP contribution in [-0.2, 0) is 11.2 Å². The van der Waals surface area contributed by atoms with E-state index in [1.165, 1.54) is 24.0 Å². The maximum Gasteiger partial charge on any atom is 0.293 e. The van der Waals surface area contributed by atoms with E-state index in [4.69, 9.17) is 4.42 Å². The van der Waals surface area contributed by atoms with Gasteiger partial charge in [0.15, 0.2) is 10.9 Å². The van der Waals surface area contributed by atoms with Crippen molar-refractivity contribution in [3.05, 3.63) is 35.2 Å². The fourth-order valence-electron chi connectivity index (χ4n) is 3.15. The van der Waals surface area contributed by atoms with Gasteiger partial charge in [-0.1, -0.05) is 13.8 Å². The second-order valence-corrected chi connectivity index (χ2v) is 7.36. The van der Waals surface area contributed by atoms with E-state index >= 15 is 0 Å². The Morgan fingerprint density at radius 2 is 2.12 bits per heavy atom. The first-order valence-corrected chi connectivity index (χ1v) is 8.96. The molecule has 2 aromatic heterocycles. The van der Waals surface area contributed by atoms with Gasteiger partial charge in [-0.2, -0.15) is 0 Å². The number of furan rings is 1. The van der Waals surface area contributed by atoms with E-state index in [-0.39, 0.29) is 24.0 Å². The number of rotatable bonds is 4. The largest absolute Gasteiger partial charge is 0.459 e. The number of aromatic nitrogens is 1. The molecule has 0 bridgehead atoms. The standard InChI is InChI=1S/C17H21N3O3S/c1-11-6-12(2)9-20(8-11)15(21)7-13-10-24-17(18-13)19-16(22)14-4-3-5-23-14/h3-5,10-12H,6-9H2,1-2H3,(H,18,19,22). The van der Waals surface area contributed by atoms with E-state index in [9.17, 15) is 9.59 Å².